The first-order valence-corrected chi connectivity index (χ1v) is 11.5. The summed E-state index contributed by atoms with van der Waals surface area (Å²) in [4.78, 5) is 7.74. The summed E-state index contributed by atoms with van der Waals surface area (Å²) in [5.41, 5.74) is 2.11. The molecule has 0 saturated heterocycles. The lowest BCUT2D eigenvalue weighted by molar-refractivity contribution is 0.575. The third-order valence-corrected chi connectivity index (χ3v) is 8.32. The molecular weight excluding hydrogens is 384 g/mol. The van der Waals surface area contributed by atoms with Crippen LogP contribution in [0.3, 0.4) is 0 Å². The molecule has 0 bridgehead atoms. The van der Waals surface area contributed by atoms with Gasteiger partial charge in [-0.05, 0) is 38.3 Å². The topological polar surface area (TPSA) is 59.1 Å². The van der Waals surface area contributed by atoms with Gasteiger partial charge in [-0.25, -0.2) is 18.1 Å². The lowest BCUT2D eigenvalue weighted by Gasteiger charge is -2.13. The summed E-state index contributed by atoms with van der Waals surface area (Å²) in [7, 11) is -3.55. The Balaban J connectivity index is 1.79. The maximum atomic E-state index is 12.8. The summed E-state index contributed by atoms with van der Waals surface area (Å²) in [6.07, 6.45) is 0. The van der Waals surface area contributed by atoms with Crippen molar-refractivity contribution in [1.29, 1.82) is 0 Å². The van der Waals surface area contributed by atoms with Crippen LogP contribution < -0.4 is 4.72 Å². The average Bonchev–Trinajstić information content (AvgIpc) is 3.17. The van der Waals surface area contributed by atoms with Gasteiger partial charge in [0.15, 0.2) is 0 Å². The summed E-state index contributed by atoms with van der Waals surface area (Å²) < 4.78 is 28.3. The average molecular weight is 407 g/mol. The van der Waals surface area contributed by atoms with Gasteiger partial charge >= 0.3 is 0 Å². The zero-order valence-electron chi connectivity index (χ0n) is 15.2. The quantitative estimate of drug-likeness (QED) is 0.635. The minimum Gasteiger partial charge on any atom is -0.240 e. The highest BCUT2D eigenvalue weighted by molar-refractivity contribution is 7.89. The molecule has 1 atom stereocenters. The molecule has 0 fully saturated rings. The lowest BCUT2D eigenvalue weighted by atomic mass is 10.0. The summed E-state index contributed by atoms with van der Waals surface area (Å²) in [6, 6.07) is 11.7. The number of hydrogen-bond acceptors (Lipinski definition) is 5. The number of sulfonamides is 1. The number of thiophene rings is 1. The van der Waals surface area contributed by atoms with Crippen molar-refractivity contribution in [3.8, 4) is 9.88 Å². The maximum Gasteiger partial charge on any atom is 0.241 e. The van der Waals surface area contributed by atoms with Gasteiger partial charge in [0.25, 0.3) is 0 Å². The predicted molar refractivity (Wildman–Crippen MR) is 110 cm³/mol. The second-order valence-electron chi connectivity index (χ2n) is 6.36. The molecule has 1 N–H and O–H groups in total. The molecule has 3 rings (SSSR count). The molecule has 3 aromatic rings. The Morgan fingerprint density at radius 3 is 2.38 bits per heavy atom. The third kappa shape index (κ3) is 4.06. The first kappa shape index (κ1) is 19.2. The normalized spacial score (nSPS) is 13.1. The molecule has 138 valence electrons. The van der Waals surface area contributed by atoms with E-state index in [4.69, 9.17) is 0 Å². The van der Waals surface area contributed by atoms with Crippen LogP contribution in [0.4, 0.5) is 0 Å². The number of hydrogen-bond donors (Lipinski definition) is 1. The fourth-order valence-corrected chi connectivity index (χ4v) is 6.31. The molecule has 4 nitrogen and oxygen atoms in total. The summed E-state index contributed by atoms with van der Waals surface area (Å²) in [5.74, 6) is 0.105. The second kappa shape index (κ2) is 7.60. The third-order valence-electron chi connectivity index (χ3n) is 4.35. The van der Waals surface area contributed by atoms with Crippen LogP contribution in [0.2, 0.25) is 0 Å². The molecular formula is C19H22N2O2S3. The van der Waals surface area contributed by atoms with Crippen LogP contribution in [0.15, 0.2) is 41.3 Å². The molecule has 0 spiro atoms. The first-order valence-electron chi connectivity index (χ1n) is 8.37. The van der Waals surface area contributed by atoms with Crippen LogP contribution in [0.5, 0.6) is 0 Å². The van der Waals surface area contributed by atoms with Gasteiger partial charge in [0.1, 0.15) is 5.01 Å². The molecule has 0 radical (unpaired) electrons. The number of thiazole rings is 1. The van der Waals surface area contributed by atoms with Gasteiger partial charge in [0, 0.05) is 16.3 Å². The highest BCUT2D eigenvalue weighted by atomic mass is 32.2. The highest BCUT2D eigenvalue weighted by Crippen LogP contribution is 2.36. The van der Waals surface area contributed by atoms with Crippen LogP contribution in [-0.4, -0.2) is 19.9 Å². The van der Waals surface area contributed by atoms with Crippen molar-refractivity contribution in [3.63, 3.8) is 0 Å². The zero-order chi connectivity index (χ0) is 18.9. The van der Waals surface area contributed by atoms with Gasteiger partial charge in [-0.2, -0.15) is 0 Å². The smallest absolute Gasteiger partial charge is 0.240 e. The molecule has 0 unspecified atom stereocenters. The standard InChI is InChI=1S/C19H22N2O2S3/c1-12(16-8-6-5-7-9-16)11-20-26(22,23)18-10-17(24-15(18)4)19-21-13(2)14(3)25-19/h5-10,12,20H,11H2,1-4H3/t12-/m0/s1. The first-order chi connectivity index (χ1) is 12.3. The van der Waals surface area contributed by atoms with E-state index in [1.807, 2.05) is 58.0 Å². The van der Waals surface area contributed by atoms with Crippen molar-refractivity contribution in [2.24, 2.45) is 0 Å². The van der Waals surface area contributed by atoms with Crippen molar-refractivity contribution in [2.75, 3.05) is 6.54 Å². The minimum absolute atomic E-state index is 0.105. The van der Waals surface area contributed by atoms with Crippen LogP contribution in [0.25, 0.3) is 9.88 Å². The van der Waals surface area contributed by atoms with E-state index in [-0.39, 0.29) is 5.92 Å². The predicted octanol–water partition coefficient (Wildman–Crippen LogP) is 4.88. The fourth-order valence-electron chi connectivity index (χ4n) is 2.63. The molecule has 1 aromatic carbocycles. The van der Waals surface area contributed by atoms with E-state index in [1.54, 1.807) is 17.4 Å². The van der Waals surface area contributed by atoms with Gasteiger partial charge in [-0.3, -0.25) is 0 Å². The van der Waals surface area contributed by atoms with E-state index in [1.165, 1.54) is 11.3 Å². The Morgan fingerprint density at radius 1 is 1.08 bits per heavy atom. The fraction of sp³-hybridized carbons (Fsp3) is 0.316. The minimum atomic E-state index is -3.55. The Hall–Kier alpha value is -1.54. The van der Waals surface area contributed by atoms with Crippen molar-refractivity contribution in [2.45, 2.75) is 38.5 Å². The van der Waals surface area contributed by atoms with Crippen molar-refractivity contribution in [1.82, 2.24) is 9.71 Å². The highest BCUT2D eigenvalue weighted by Gasteiger charge is 2.22. The molecule has 0 amide bonds. The van der Waals surface area contributed by atoms with E-state index in [0.717, 1.165) is 30.9 Å². The van der Waals surface area contributed by atoms with Gasteiger partial charge < -0.3 is 0 Å². The van der Waals surface area contributed by atoms with E-state index < -0.39 is 10.0 Å². The lowest BCUT2D eigenvalue weighted by Crippen LogP contribution is -2.27. The Morgan fingerprint density at radius 2 is 1.77 bits per heavy atom. The summed E-state index contributed by atoms with van der Waals surface area (Å²) in [5, 5.41) is 0.882. The van der Waals surface area contributed by atoms with Crippen molar-refractivity contribution in [3.05, 3.63) is 57.4 Å². The molecule has 0 aliphatic heterocycles. The molecule has 0 aliphatic carbocycles. The number of nitrogens with zero attached hydrogens (tertiary/aromatic N) is 1. The molecule has 2 heterocycles. The Labute approximate surface area is 163 Å². The van der Waals surface area contributed by atoms with Crippen LogP contribution >= 0.6 is 22.7 Å². The van der Waals surface area contributed by atoms with Gasteiger partial charge in [0.2, 0.25) is 10.0 Å². The van der Waals surface area contributed by atoms with Crippen molar-refractivity contribution >= 4 is 32.7 Å². The van der Waals surface area contributed by atoms with E-state index in [0.29, 0.717) is 11.4 Å². The zero-order valence-corrected chi connectivity index (χ0v) is 17.7. The Kier molecular flexibility index (Phi) is 5.62. The summed E-state index contributed by atoms with van der Waals surface area (Å²) in [6.45, 7) is 8.23. The molecule has 0 saturated carbocycles. The monoisotopic (exact) mass is 406 g/mol. The number of benzene rings is 1. The summed E-state index contributed by atoms with van der Waals surface area (Å²) >= 11 is 3.08. The maximum absolute atomic E-state index is 12.8. The largest absolute Gasteiger partial charge is 0.241 e. The Bertz CT molecular complexity index is 985. The van der Waals surface area contributed by atoms with Crippen LogP contribution in [0, 0.1) is 20.8 Å². The van der Waals surface area contributed by atoms with E-state index in [2.05, 4.69) is 9.71 Å². The number of nitrogens with one attached hydrogen (secondary N) is 1. The van der Waals surface area contributed by atoms with Gasteiger partial charge in [-0.15, -0.1) is 22.7 Å². The van der Waals surface area contributed by atoms with Crippen LogP contribution in [0.1, 0.15) is 33.9 Å². The van der Waals surface area contributed by atoms with Crippen molar-refractivity contribution < 1.29 is 8.42 Å². The number of aryl methyl sites for hydroxylation is 3. The van der Waals surface area contributed by atoms with Gasteiger partial charge in [-0.1, -0.05) is 37.3 Å². The number of rotatable bonds is 6. The van der Waals surface area contributed by atoms with Gasteiger partial charge in [0.05, 0.1) is 15.5 Å². The molecule has 2 aromatic heterocycles. The van der Waals surface area contributed by atoms with E-state index >= 15 is 0 Å². The molecule has 26 heavy (non-hydrogen) atoms. The molecule has 0 aliphatic rings. The SMILES string of the molecule is Cc1nc(-c2cc(S(=O)(=O)NC[C@H](C)c3ccccc3)c(C)s2)sc1C. The number of aromatic nitrogens is 1. The van der Waals surface area contributed by atoms with E-state index in [9.17, 15) is 8.42 Å². The molecule has 7 heteroatoms. The second-order valence-corrected chi connectivity index (χ2v) is 10.6. The van der Waals surface area contributed by atoms with Crippen LogP contribution in [-0.2, 0) is 10.0 Å².